The van der Waals surface area contributed by atoms with Crippen molar-refractivity contribution in [1.82, 2.24) is 0 Å². The minimum atomic E-state index is -0.352. The lowest BCUT2D eigenvalue weighted by Gasteiger charge is -2.29. The van der Waals surface area contributed by atoms with Gasteiger partial charge >= 0.3 is 5.97 Å². The quantitative estimate of drug-likeness (QED) is 0.665. The number of esters is 1. The minimum Gasteiger partial charge on any atom is -0.459 e. The first-order valence-corrected chi connectivity index (χ1v) is 5.76. The largest absolute Gasteiger partial charge is 0.459 e. The lowest BCUT2D eigenvalue weighted by atomic mass is 9.90. The molecule has 0 saturated carbocycles. The minimum absolute atomic E-state index is 0.0800. The smallest absolute Gasteiger partial charge is 0.306 e. The summed E-state index contributed by atoms with van der Waals surface area (Å²) in [5.41, 5.74) is -0.157. The summed E-state index contributed by atoms with van der Waals surface area (Å²) in [4.78, 5) is 11.6. The van der Waals surface area contributed by atoms with Crippen LogP contribution in [0.3, 0.4) is 0 Å². The third-order valence-electron chi connectivity index (χ3n) is 2.85. The fraction of sp³-hybridized carbons (Fsp3) is 0.923. The van der Waals surface area contributed by atoms with Crippen LogP contribution in [-0.4, -0.2) is 11.6 Å². The number of hydrogen-bond donors (Lipinski definition) is 0. The van der Waals surface area contributed by atoms with Crippen molar-refractivity contribution >= 4 is 5.97 Å². The second kappa shape index (κ2) is 5.00. The summed E-state index contributed by atoms with van der Waals surface area (Å²) in [6.45, 7) is 14.5. The maximum atomic E-state index is 11.6. The topological polar surface area (TPSA) is 26.3 Å². The Bertz CT molecular complexity index is 209. The molecule has 0 radical (unpaired) electrons. The lowest BCUT2D eigenvalue weighted by molar-refractivity contribution is -0.161. The molecule has 0 rings (SSSR count). The summed E-state index contributed by atoms with van der Waals surface area (Å²) < 4.78 is 5.46. The predicted molar refractivity (Wildman–Crippen MR) is 63.7 cm³/mol. The van der Waals surface area contributed by atoms with Crippen molar-refractivity contribution in [1.29, 1.82) is 0 Å². The van der Waals surface area contributed by atoms with Crippen LogP contribution in [0, 0.1) is 11.3 Å². The molecule has 0 aliphatic heterocycles. The van der Waals surface area contributed by atoms with E-state index in [0.717, 1.165) is 6.42 Å². The van der Waals surface area contributed by atoms with E-state index in [2.05, 4.69) is 34.6 Å². The highest BCUT2D eigenvalue weighted by atomic mass is 16.6. The van der Waals surface area contributed by atoms with Crippen LogP contribution in [0.2, 0.25) is 0 Å². The molecule has 0 fully saturated rings. The molecule has 0 amide bonds. The number of ether oxygens (including phenoxy) is 1. The van der Waals surface area contributed by atoms with Crippen LogP contribution in [0.5, 0.6) is 0 Å². The Labute approximate surface area is 94.4 Å². The van der Waals surface area contributed by atoms with E-state index in [9.17, 15) is 4.79 Å². The molecule has 0 atom stereocenters. The van der Waals surface area contributed by atoms with Gasteiger partial charge < -0.3 is 4.74 Å². The van der Waals surface area contributed by atoms with Crippen molar-refractivity contribution in [2.45, 2.75) is 66.9 Å². The monoisotopic (exact) mass is 214 g/mol. The Morgan fingerprint density at radius 2 is 1.60 bits per heavy atom. The maximum absolute atomic E-state index is 11.6. The van der Waals surface area contributed by atoms with Gasteiger partial charge in [-0.05, 0) is 31.6 Å². The molecule has 2 heteroatoms. The van der Waals surface area contributed by atoms with E-state index < -0.39 is 0 Å². The summed E-state index contributed by atoms with van der Waals surface area (Å²) in [5, 5.41) is 0. The fourth-order valence-corrected chi connectivity index (χ4v) is 0.939. The van der Waals surface area contributed by atoms with Crippen molar-refractivity contribution in [2.75, 3.05) is 0 Å². The zero-order valence-corrected chi connectivity index (χ0v) is 11.3. The molecule has 15 heavy (non-hydrogen) atoms. The fourth-order valence-electron chi connectivity index (χ4n) is 0.939. The van der Waals surface area contributed by atoms with Gasteiger partial charge in [-0.2, -0.15) is 0 Å². The second-order valence-electron chi connectivity index (χ2n) is 6.29. The van der Waals surface area contributed by atoms with Crippen LogP contribution in [-0.2, 0) is 9.53 Å². The predicted octanol–water partition coefficient (Wildman–Crippen LogP) is 3.79. The van der Waals surface area contributed by atoms with Gasteiger partial charge in [-0.3, -0.25) is 4.79 Å². The third kappa shape index (κ3) is 6.53. The van der Waals surface area contributed by atoms with Gasteiger partial charge in [0.2, 0.25) is 0 Å². The van der Waals surface area contributed by atoms with Crippen molar-refractivity contribution in [3.63, 3.8) is 0 Å². The maximum Gasteiger partial charge on any atom is 0.306 e. The van der Waals surface area contributed by atoms with Gasteiger partial charge in [-0.15, -0.1) is 0 Å². The van der Waals surface area contributed by atoms with Gasteiger partial charge in [-0.1, -0.05) is 34.6 Å². The molecule has 0 aromatic rings. The first-order chi connectivity index (χ1) is 6.54. The zero-order valence-electron chi connectivity index (χ0n) is 11.3. The third-order valence-corrected chi connectivity index (χ3v) is 2.85. The molecule has 0 aliphatic carbocycles. The molecule has 0 heterocycles. The van der Waals surface area contributed by atoms with Crippen LogP contribution in [0.1, 0.15) is 61.3 Å². The van der Waals surface area contributed by atoms with Gasteiger partial charge in [-0.25, -0.2) is 0 Å². The standard InChI is InChI=1S/C13H26O2/c1-10(2)13(6,7)15-11(14)8-9-12(3,4)5/h10H,8-9H2,1-7H3. The molecule has 0 aromatic heterocycles. The van der Waals surface area contributed by atoms with E-state index in [-0.39, 0.29) is 17.0 Å². The SMILES string of the molecule is CC(C)C(C)(C)OC(=O)CCC(C)(C)C. The van der Waals surface area contributed by atoms with E-state index in [0.29, 0.717) is 12.3 Å². The number of rotatable bonds is 4. The molecular weight excluding hydrogens is 188 g/mol. The van der Waals surface area contributed by atoms with Gasteiger partial charge in [0.1, 0.15) is 5.60 Å². The van der Waals surface area contributed by atoms with Crippen molar-refractivity contribution in [3.05, 3.63) is 0 Å². The zero-order chi connectivity index (χ0) is 12.3. The number of carbonyl (C=O) groups is 1. The van der Waals surface area contributed by atoms with Crippen LogP contribution in [0.15, 0.2) is 0 Å². The molecule has 0 unspecified atom stereocenters. The molecule has 90 valence electrons. The van der Waals surface area contributed by atoms with E-state index in [1.807, 2.05) is 13.8 Å². The van der Waals surface area contributed by atoms with Crippen molar-refractivity contribution < 1.29 is 9.53 Å². The normalized spacial score (nSPS) is 13.1. The summed E-state index contributed by atoms with van der Waals surface area (Å²) in [5.74, 6) is 0.264. The summed E-state index contributed by atoms with van der Waals surface area (Å²) in [7, 11) is 0. The Morgan fingerprint density at radius 3 is 1.93 bits per heavy atom. The van der Waals surface area contributed by atoms with Gasteiger partial charge in [0.15, 0.2) is 0 Å². The van der Waals surface area contributed by atoms with Crippen LogP contribution in [0.25, 0.3) is 0 Å². The highest BCUT2D eigenvalue weighted by Crippen LogP contribution is 2.24. The molecule has 0 bridgehead atoms. The summed E-state index contributed by atoms with van der Waals surface area (Å²) in [6, 6.07) is 0. The molecule has 0 N–H and O–H groups in total. The van der Waals surface area contributed by atoms with Gasteiger partial charge in [0, 0.05) is 6.42 Å². The highest BCUT2D eigenvalue weighted by Gasteiger charge is 2.27. The lowest BCUT2D eigenvalue weighted by Crippen LogP contribution is -2.33. The summed E-state index contributed by atoms with van der Waals surface area (Å²) in [6.07, 6.45) is 1.39. The Kier molecular flexibility index (Phi) is 4.82. The van der Waals surface area contributed by atoms with Gasteiger partial charge in [0.05, 0.1) is 0 Å². The average molecular weight is 214 g/mol. The molecule has 0 aromatic carbocycles. The molecular formula is C13H26O2. The Balaban J connectivity index is 4.05. The summed E-state index contributed by atoms with van der Waals surface area (Å²) >= 11 is 0. The first kappa shape index (κ1) is 14.5. The highest BCUT2D eigenvalue weighted by molar-refractivity contribution is 5.69. The van der Waals surface area contributed by atoms with E-state index in [1.54, 1.807) is 0 Å². The second-order valence-corrected chi connectivity index (χ2v) is 6.29. The number of carbonyl (C=O) groups excluding carboxylic acids is 1. The Hall–Kier alpha value is -0.530. The first-order valence-electron chi connectivity index (χ1n) is 5.76. The van der Waals surface area contributed by atoms with Crippen LogP contribution in [0.4, 0.5) is 0 Å². The van der Waals surface area contributed by atoms with Crippen LogP contribution < -0.4 is 0 Å². The van der Waals surface area contributed by atoms with E-state index >= 15 is 0 Å². The Morgan fingerprint density at radius 1 is 1.13 bits per heavy atom. The van der Waals surface area contributed by atoms with Crippen LogP contribution >= 0.6 is 0 Å². The van der Waals surface area contributed by atoms with E-state index in [1.165, 1.54) is 0 Å². The van der Waals surface area contributed by atoms with Crippen molar-refractivity contribution in [2.24, 2.45) is 11.3 Å². The van der Waals surface area contributed by atoms with Crippen molar-refractivity contribution in [3.8, 4) is 0 Å². The van der Waals surface area contributed by atoms with E-state index in [4.69, 9.17) is 4.74 Å². The molecule has 2 nitrogen and oxygen atoms in total. The number of hydrogen-bond acceptors (Lipinski definition) is 2. The van der Waals surface area contributed by atoms with Gasteiger partial charge in [0.25, 0.3) is 0 Å². The molecule has 0 aliphatic rings. The molecule has 0 saturated heterocycles. The average Bonchev–Trinajstić information content (AvgIpc) is 1.98. The molecule has 0 spiro atoms.